The van der Waals surface area contributed by atoms with Crippen LogP contribution < -0.4 is 10.6 Å². The van der Waals surface area contributed by atoms with Crippen LogP contribution in [0.5, 0.6) is 0 Å². The molecule has 18 heavy (non-hydrogen) atoms. The molecule has 1 saturated heterocycles. The quantitative estimate of drug-likeness (QED) is 0.839. The average Bonchev–Trinajstić information content (AvgIpc) is 2.30. The van der Waals surface area contributed by atoms with E-state index in [2.05, 4.69) is 17.6 Å². The standard InChI is InChI=1S/C13H24N2OS.ClH/c1-13(5-3-2-4-6-13)15-12(16)9-11-10-17-8-7-14-11;/h11,14H,2-10H2,1H3,(H,15,16);1H. The van der Waals surface area contributed by atoms with Crippen LogP contribution in [0.4, 0.5) is 0 Å². The molecular weight excluding hydrogens is 268 g/mol. The zero-order chi connectivity index (χ0) is 12.1. The van der Waals surface area contributed by atoms with Crippen LogP contribution >= 0.6 is 24.2 Å². The second-order valence-corrected chi connectivity index (χ2v) is 6.75. The van der Waals surface area contributed by atoms with Crippen molar-refractivity contribution in [2.24, 2.45) is 0 Å². The lowest BCUT2D eigenvalue weighted by Crippen LogP contribution is -2.49. The molecule has 1 aliphatic heterocycles. The molecule has 0 aromatic rings. The van der Waals surface area contributed by atoms with Gasteiger partial charge in [0.1, 0.15) is 0 Å². The van der Waals surface area contributed by atoms with E-state index >= 15 is 0 Å². The summed E-state index contributed by atoms with van der Waals surface area (Å²) in [6.45, 7) is 3.24. The van der Waals surface area contributed by atoms with E-state index in [-0.39, 0.29) is 23.9 Å². The van der Waals surface area contributed by atoms with Crippen LogP contribution in [0.15, 0.2) is 0 Å². The largest absolute Gasteiger partial charge is 0.351 e. The summed E-state index contributed by atoms with van der Waals surface area (Å²) in [7, 11) is 0. The predicted molar refractivity (Wildman–Crippen MR) is 80.6 cm³/mol. The van der Waals surface area contributed by atoms with Gasteiger partial charge in [0, 0.05) is 36.1 Å². The van der Waals surface area contributed by atoms with E-state index in [1.165, 1.54) is 25.0 Å². The predicted octanol–water partition coefficient (Wildman–Crippen LogP) is 2.34. The molecule has 1 aliphatic carbocycles. The zero-order valence-electron chi connectivity index (χ0n) is 11.2. The summed E-state index contributed by atoms with van der Waals surface area (Å²) in [5.74, 6) is 2.48. The number of halogens is 1. The van der Waals surface area contributed by atoms with Crippen molar-refractivity contribution < 1.29 is 4.79 Å². The fourth-order valence-corrected chi connectivity index (χ4v) is 3.77. The van der Waals surface area contributed by atoms with Crippen molar-refractivity contribution in [3.8, 4) is 0 Å². The molecule has 3 nitrogen and oxygen atoms in total. The molecule has 0 aromatic carbocycles. The molecular formula is C13H25ClN2OS. The Morgan fingerprint density at radius 2 is 2.11 bits per heavy atom. The Morgan fingerprint density at radius 3 is 2.72 bits per heavy atom. The molecule has 106 valence electrons. The normalized spacial score (nSPS) is 27.1. The minimum Gasteiger partial charge on any atom is -0.351 e. The first kappa shape index (κ1) is 16.1. The Balaban J connectivity index is 0.00000162. The van der Waals surface area contributed by atoms with Gasteiger partial charge in [-0.15, -0.1) is 12.4 Å². The Bertz CT molecular complexity index is 264. The van der Waals surface area contributed by atoms with Gasteiger partial charge in [-0.3, -0.25) is 4.79 Å². The van der Waals surface area contributed by atoms with Gasteiger partial charge in [0.25, 0.3) is 0 Å². The van der Waals surface area contributed by atoms with Gasteiger partial charge >= 0.3 is 0 Å². The van der Waals surface area contributed by atoms with Crippen molar-refractivity contribution in [1.82, 2.24) is 10.6 Å². The van der Waals surface area contributed by atoms with Gasteiger partial charge in [-0.25, -0.2) is 0 Å². The van der Waals surface area contributed by atoms with Crippen molar-refractivity contribution >= 4 is 30.1 Å². The second-order valence-electron chi connectivity index (χ2n) is 5.60. The summed E-state index contributed by atoms with van der Waals surface area (Å²) in [4.78, 5) is 12.0. The summed E-state index contributed by atoms with van der Waals surface area (Å²) in [5, 5.41) is 6.67. The van der Waals surface area contributed by atoms with E-state index in [4.69, 9.17) is 0 Å². The van der Waals surface area contributed by atoms with Gasteiger partial charge in [-0.05, 0) is 19.8 Å². The first-order chi connectivity index (χ1) is 8.18. The lowest BCUT2D eigenvalue weighted by molar-refractivity contribution is -0.123. The van der Waals surface area contributed by atoms with E-state index in [9.17, 15) is 4.79 Å². The van der Waals surface area contributed by atoms with Crippen molar-refractivity contribution in [3.05, 3.63) is 0 Å². The van der Waals surface area contributed by atoms with Crippen LogP contribution in [-0.4, -0.2) is 35.5 Å². The van der Waals surface area contributed by atoms with Crippen LogP contribution in [0, 0.1) is 0 Å². The highest BCUT2D eigenvalue weighted by Gasteiger charge is 2.29. The summed E-state index contributed by atoms with van der Waals surface area (Å²) >= 11 is 1.95. The number of hydrogen-bond donors (Lipinski definition) is 2. The maximum absolute atomic E-state index is 12.0. The summed E-state index contributed by atoms with van der Waals surface area (Å²) in [6.07, 6.45) is 6.77. The highest BCUT2D eigenvalue weighted by molar-refractivity contribution is 7.99. The SMILES string of the molecule is CC1(NC(=O)CC2CSCCN2)CCCCC1.Cl. The Hall–Kier alpha value is 0.0700. The maximum atomic E-state index is 12.0. The molecule has 1 heterocycles. The molecule has 2 N–H and O–H groups in total. The Kier molecular flexibility index (Phi) is 6.82. The molecule has 1 atom stereocenters. The monoisotopic (exact) mass is 292 g/mol. The molecule has 1 unspecified atom stereocenters. The van der Waals surface area contributed by atoms with Gasteiger partial charge in [0.15, 0.2) is 0 Å². The number of thioether (sulfide) groups is 1. The van der Waals surface area contributed by atoms with E-state index in [1.807, 2.05) is 11.8 Å². The van der Waals surface area contributed by atoms with Gasteiger partial charge in [0.05, 0.1) is 0 Å². The van der Waals surface area contributed by atoms with Crippen LogP contribution in [0.3, 0.4) is 0 Å². The second kappa shape index (κ2) is 7.61. The summed E-state index contributed by atoms with van der Waals surface area (Å²) in [6, 6.07) is 0.376. The van der Waals surface area contributed by atoms with Gasteiger partial charge in [0.2, 0.25) is 5.91 Å². The van der Waals surface area contributed by atoms with Crippen molar-refractivity contribution in [1.29, 1.82) is 0 Å². The molecule has 0 bridgehead atoms. The lowest BCUT2D eigenvalue weighted by atomic mass is 9.83. The smallest absolute Gasteiger partial charge is 0.222 e. The van der Waals surface area contributed by atoms with E-state index in [1.54, 1.807) is 0 Å². The first-order valence-electron chi connectivity index (χ1n) is 6.80. The van der Waals surface area contributed by atoms with Crippen molar-refractivity contribution in [2.45, 2.75) is 57.0 Å². The number of rotatable bonds is 3. The van der Waals surface area contributed by atoms with Crippen LogP contribution in [0.25, 0.3) is 0 Å². The van der Waals surface area contributed by atoms with Crippen LogP contribution in [0.2, 0.25) is 0 Å². The minimum absolute atomic E-state index is 0. The maximum Gasteiger partial charge on any atom is 0.222 e. The van der Waals surface area contributed by atoms with Crippen LogP contribution in [-0.2, 0) is 4.79 Å². The summed E-state index contributed by atoms with van der Waals surface area (Å²) < 4.78 is 0. The number of carbonyl (C=O) groups excluding carboxylic acids is 1. The molecule has 0 spiro atoms. The molecule has 0 aromatic heterocycles. The minimum atomic E-state index is 0. The van der Waals surface area contributed by atoms with E-state index < -0.39 is 0 Å². The number of amides is 1. The molecule has 1 saturated carbocycles. The van der Waals surface area contributed by atoms with Gasteiger partial charge in [-0.1, -0.05) is 19.3 Å². The number of carbonyl (C=O) groups is 1. The van der Waals surface area contributed by atoms with E-state index in [0.29, 0.717) is 12.5 Å². The molecule has 2 rings (SSSR count). The third kappa shape index (κ3) is 4.98. The van der Waals surface area contributed by atoms with Crippen molar-refractivity contribution in [3.63, 3.8) is 0 Å². The Labute approximate surface area is 121 Å². The highest BCUT2D eigenvalue weighted by atomic mass is 35.5. The lowest BCUT2D eigenvalue weighted by Gasteiger charge is -2.35. The van der Waals surface area contributed by atoms with Gasteiger partial charge < -0.3 is 10.6 Å². The number of hydrogen-bond acceptors (Lipinski definition) is 3. The van der Waals surface area contributed by atoms with Crippen molar-refractivity contribution in [2.75, 3.05) is 18.1 Å². The first-order valence-corrected chi connectivity index (χ1v) is 7.96. The third-order valence-electron chi connectivity index (χ3n) is 3.83. The highest BCUT2D eigenvalue weighted by Crippen LogP contribution is 2.27. The van der Waals surface area contributed by atoms with Crippen LogP contribution in [0.1, 0.15) is 45.4 Å². The summed E-state index contributed by atoms with van der Waals surface area (Å²) in [5.41, 5.74) is 0.0666. The third-order valence-corrected chi connectivity index (χ3v) is 4.96. The molecule has 5 heteroatoms. The zero-order valence-corrected chi connectivity index (χ0v) is 12.8. The molecule has 2 aliphatic rings. The van der Waals surface area contributed by atoms with E-state index in [0.717, 1.165) is 25.1 Å². The Morgan fingerprint density at radius 1 is 1.39 bits per heavy atom. The fraction of sp³-hybridized carbons (Fsp3) is 0.923. The molecule has 1 amide bonds. The molecule has 0 radical (unpaired) electrons. The average molecular weight is 293 g/mol. The number of nitrogens with one attached hydrogen (secondary N) is 2. The fourth-order valence-electron chi connectivity index (χ4n) is 2.82. The van der Waals surface area contributed by atoms with Gasteiger partial charge in [-0.2, -0.15) is 11.8 Å². The topological polar surface area (TPSA) is 41.1 Å². The molecule has 2 fully saturated rings.